The molecule has 0 saturated heterocycles. The third kappa shape index (κ3) is 3.54. The summed E-state index contributed by atoms with van der Waals surface area (Å²) < 4.78 is 54.6. The molecule has 0 bridgehead atoms. The minimum Gasteiger partial charge on any atom is -0.344 e. The Bertz CT molecular complexity index is 1030. The van der Waals surface area contributed by atoms with Crippen LogP contribution in [-0.2, 0) is 25.6 Å². The van der Waals surface area contributed by atoms with Gasteiger partial charge in [0.25, 0.3) is 0 Å². The highest BCUT2D eigenvalue weighted by Gasteiger charge is 2.32. The zero-order valence-corrected chi connectivity index (χ0v) is 16.7. The monoisotopic (exact) mass is 404 g/mol. The van der Waals surface area contributed by atoms with Gasteiger partial charge in [0.15, 0.2) is 0 Å². The third-order valence-electron chi connectivity index (χ3n) is 6.29. The molecule has 1 aliphatic rings. The summed E-state index contributed by atoms with van der Waals surface area (Å²) >= 11 is 0. The van der Waals surface area contributed by atoms with Gasteiger partial charge in [-0.25, -0.2) is 4.39 Å². The van der Waals surface area contributed by atoms with Crippen LogP contribution in [0.5, 0.6) is 0 Å². The number of rotatable bonds is 3. The van der Waals surface area contributed by atoms with Crippen molar-refractivity contribution in [3.05, 3.63) is 70.7 Å². The first-order chi connectivity index (χ1) is 13.7. The molecule has 2 unspecified atom stereocenters. The molecule has 2 atom stereocenters. The molecule has 6 heteroatoms. The molecule has 0 saturated carbocycles. The van der Waals surface area contributed by atoms with Crippen molar-refractivity contribution in [2.75, 3.05) is 7.05 Å². The number of likely N-dealkylation sites (N-methyl/N-ethyl adjacent to an activating group) is 1. The second-order valence-corrected chi connectivity index (χ2v) is 8.01. The van der Waals surface area contributed by atoms with Crippen molar-refractivity contribution in [1.82, 2.24) is 9.47 Å². The molecular weight excluding hydrogens is 380 g/mol. The fourth-order valence-electron chi connectivity index (χ4n) is 4.46. The van der Waals surface area contributed by atoms with E-state index in [1.54, 1.807) is 18.2 Å². The highest BCUT2D eigenvalue weighted by molar-refractivity contribution is 5.86. The summed E-state index contributed by atoms with van der Waals surface area (Å²) in [6.07, 6.45) is -2.85. The number of aromatic nitrogens is 1. The van der Waals surface area contributed by atoms with Crippen molar-refractivity contribution >= 4 is 10.9 Å². The number of fused-ring (bicyclic) bond motifs is 3. The van der Waals surface area contributed by atoms with E-state index in [-0.39, 0.29) is 11.9 Å². The van der Waals surface area contributed by atoms with E-state index in [9.17, 15) is 17.6 Å². The molecule has 0 fully saturated rings. The fraction of sp³-hybridized carbons (Fsp3) is 0.391. The molecule has 3 aromatic rings. The molecule has 0 radical (unpaired) electrons. The maximum Gasteiger partial charge on any atom is 0.416 e. The predicted octanol–water partition coefficient (Wildman–Crippen LogP) is 5.98. The number of benzene rings is 2. The van der Waals surface area contributed by atoms with Crippen molar-refractivity contribution in [2.45, 2.75) is 51.5 Å². The summed E-state index contributed by atoms with van der Waals surface area (Å²) in [6, 6.07) is 10.8. The summed E-state index contributed by atoms with van der Waals surface area (Å²) in [5, 5.41) is 0.929. The van der Waals surface area contributed by atoms with Gasteiger partial charge in [-0.2, -0.15) is 13.2 Å². The van der Waals surface area contributed by atoms with E-state index in [4.69, 9.17) is 0 Å². The summed E-state index contributed by atoms with van der Waals surface area (Å²) in [5.74, 6) is -0.256. The first kappa shape index (κ1) is 20.0. The highest BCUT2D eigenvalue weighted by Crippen LogP contribution is 2.39. The summed E-state index contributed by atoms with van der Waals surface area (Å²) in [7, 11) is 2.09. The number of halogens is 4. The van der Waals surface area contributed by atoms with Gasteiger partial charge in [-0.15, -0.1) is 0 Å². The van der Waals surface area contributed by atoms with Gasteiger partial charge in [0.05, 0.1) is 5.56 Å². The molecule has 2 aromatic carbocycles. The Morgan fingerprint density at radius 1 is 1.03 bits per heavy atom. The minimum atomic E-state index is -4.32. The zero-order chi connectivity index (χ0) is 20.9. The van der Waals surface area contributed by atoms with Crippen LogP contribution >= 0.6 is 0 Å². The van der Waals surface area contributed by atoms with Gasteiger partial charge in [-0.05, 0) is 68.8 Å². The molecule has 0 spiro atoms. The Kier molecular flexibility index (Phi) is 4.93. The van der Waals surface area contributed by atoms with Gasteiger partial charge >= 0.3 is 6.18 Å². The van der Waals surface area contributed by atoms with Gasteiger partial charge in [-0.1, -0.05) is 12.1 Å². The molecule has 154 valence electrons. The van der Waals surface area contributed by atoms with E-state index >= 15 is 0 Å². The van der Waals surface area contributed by atoms with E-state index in [1.165, 1.54) is 11.8 Å². The zero-order valence-electron chi connectivity index (χ0n) is 16.7. The van der Waals surface area contributed by atoms with Gasteiger partial charge in [-0.3, -0.25) is 4.90 Å². The molecule has 29 heavy (non-hydrogen) atoms. The van der Waals surface area contributed by atoms with E-state index in [1.807, 2.05) is 6.07 Å². The van der Waals surface area contributed by atoms with Crippen LogP contribution in [0, 0.1) is 5.82 Å². The van der Waals surface area contributed by atoms with Crippen molar-refractivity contribution < 1.29 is 17.6 Å². The Morgan fingerprint density at radius 3 is 2.38 bits per heavy atom. The lowest BCUT2D eigenvalue weighted by atomic mass is 9.93. The number of hydrogen-bond acceptors (Lipinski definition) is 1. The summed E-state index contributed by atoms with van der Waals surface area (Å²) in [4.78, 5) is 2.30. The maximum absolute atomic E-state index is 14.0. The lowest BCUT2D eigenvalue weighted by Gasteiger charge is -2.36. The van der Waals surface area contributed by atoms with Crippen LogP contribution in [0.4, 0.5) is 17.6 Å². The Balaban J connectivity index is 1.70. The molecule has 0 N–H and O–H groups in total. The molecule has 1 aliphatic heterocycles. The summed E-state index contributed by atoms with van der Waals surface area (Å²) in [5.41, 5.74) is 3.57. The second-order valence-electron chi connectivity index (χ2n) is 8.01. The largest absolute Gasteiger partial charge is 0.416 e. The SMILES string of the molecule is CC1Cc2c(c3cc(F)ccc3n2CCc2ccc(C(F)(F)F)cc2)C(C)N1C. The number of alkyl halides is 3. The Hall–Kier alpha value is -2.34. The Morgan fingerprint density at radius 2 is 1.72 bits per heavy atom. The van der Waals surface area contributed by atoms with Crippen molar-refractivity contribution in [3.63, 3.8) is 0 Å². The average Bonchev–Trinajstić information content (AvgIpc) is 2.96. The van der Waals surface area contributed by atoms with E-state index < -0.39 is 11.7 Å². The van der Waals surface area contributed by atoms with E-state index in [2.05, 4.69) is 30.4 Å². The van der Waals surface area contributed by atoms with Crippen LogP contribution in [0.3, 0.4) is 0 Å². The Labute approximate surface area is 167 Å². The lowest BCUT2D eigenvalue weighted by molar-refractivity contribution is -0.137. The first-order valence-corrected chi connectivity index (χ1v) is 9.85. The standard InChI is InChI=1S/C23H24F4N2/c1-14-12-21-22(15(2)28(14)3)19-13-18(24)8-9-20(19)29(21)11-10-16-4-6-17(7-5-16)23(25,26)27/h4-9,13-15H,10-12H2,1-3H3. The van der Waals surface area contributed by atoms with Crippen LogP contribution in [0.25, 0.3) is 10.9 Å². The number of nitrogens with zero attached hydrogens (tertiary/aromatic N) is 2. The van der Waals surface area contributed by atoms with Gasteiger partial charge in [0, 0.05) is 41.6 Å². The molecule has 4 rings (SSSR count). The first-order valence-electron chi connectivity index (χ1n) is 9.85. The summed E-state index contributed by atoms with van der Waals surface area (Å²) in [6.45, 7) is 4.96. The quantitative estimate of drug-likeness (QED) is 0.488. The fourth-order valence-corrected chi connectivity index (χ4v) is 4.46. The average molecular weight is 404 g/mol. The van der Waals surface area contributed by atoms with Crippen LogP contribution in [0.1, 0.15) is 42.3 Å². The molecule has 0 amide bonds. The smallest absolute Gasteiger partial charge is 0.344 e. The number of aryl methyl sites for hydroxylation is 2. The van der Waals surface area contributed by atoms with Crippen LogP contribution in [0.2, 0.25) is 0 Å². The van der Waals surface area contributed by atoms with Crippen LogP contribution in [-0.4, -0.2) is 22.6 Å². The maximum atomic E-state index is 14.0. The van der Waals surface area contributed by atoms with Crippen molar-refractivity contribution in [2.24, 2.45) is 0 Å². The van der Waals surface area contributed by atoms with Gasteiger partial charge in [0.2, 0.25) is 0 Å². The molecule has 2 nitrogen and oxygen atoms in total. The van der Waals surface area contributed by atoms with Crippen LogP contribution < -0.4 is 0 Å². The number of hydrogen-bond donors (Lipinski definition) is 0. The van der Waals surface area contributed by atoms with Crippen molar-refractivity contribution in [3.8, 4) is 0 Å². The highest BCUT2D eigenvalue weighted by atomic mass is 19.4. The lowest BCUT2D eigenvalue weighted by Crippen LogP contribution is -2.38. The predicted molar refractivity (Wildman–Crippen MR) is 106 cm³/mol. The van der Waals surface area contributed by atoms with Gasteiger partial charge in [0.1, 0.15) is 5.82 Å². The second kappa shape index (κ2) is 7.17. The van der Waals surface area contributed by atoms with Crippen molar-refractivity contribution in [1.29, 1.82) is 0 Å². The van der Waals surface area contributed by atoms with E-state index in [0.29, 0.717) is 19.0 Å². The topological polar surface area (TPSA) is 8.17 Å². The van der Waals surface area contributed by atoms with E-state index in [0.717, 1.165) is 40.6 Å². The van der Waals surface area contributed by atoms with Gasteiger partial charge < -0.3 is 4.57 Å². The molecule has 2 heterocycles. The minimum absolute atomic E-state index is 0.172. The normalized spacial score (nSPS) is 20.2. The van der Waals surface area contributed by atoms with Crippen LogP contribution in [0.15, 0.2) is 42.5 Å². The molecule has 1 aromatic heterocycles. The molecule has 0 aliphatic carbocycles. The third-order valence-corrected chi connectivity index (χ3v) is 6.29. The molecular formula is C23H24F4N2.